The molecule has 0 amide bonds. The van der Waals surface area contributed by atoms with Crippen molar-refractivity contribution in [1.82, 2.24) is 0 Å². The largest absolute Gasteiger partial charge is 0.469 e. The minimum Gasteiger partial charge on any atom is -0.469 e. The summed E-state index contributed by atoms with van der Waals surface area (Å²) in [5.74, 6) is -0.342. The van der Waals surface area contributed by atoms with E-state index in [1.807, 2.05) is 6.07 Å². The summed E-state index contributed by atoms with van der Waals surface area (Å²) in [5.41, 5.74) is 1.02. The molecule has 0 radical (unpaired) electrons. The molecule has 1 aromatic rings. The maximum atomic E-state index is 11.0. The summed E-state index contributed by atoms with van der Waals surface area (Å²) in [6.07, 6.45) is 10.7. The number of hydrogen-bond acceptors (Lipinski definition) is 4. The number of rotatable bonds is 10. The number of methoxy groups -OCH3 is 1. The Bertz CT molecular complexity index is 653. The van der Waals surface area contributed by atoms with E-state index >= 15 is 0 Å². The minimum absolute atomic E-state index is 0.177. The van der Waals surface area contributed by atoms with Gasteiger partial charge in [-0.3, -0.25) is 4.79 Å². The molecule has 0 bridgehead atoms. The van der Waals surface area contributed by atoms with Crippen LogP contribution in [0.15, 0.2) is 54.7 Å². The Hall–Kier alpha value is -1.59. The van der Waals surface area contributed by atoms with Crippen LogP contribution < -0.4 is 0 Å². The number of carbonyl (C=O) groups is 1. The van der Waals surface area contributed by atoms with Gasteiger partial charge in [-0.05, 0) is 37.0 Å². The molecule has 0 saturated heterocycles. The van der Waals surface area contributed by atoms with Crippen molar-refractivity contribution in [2.75, 3.05) is 7.11 Å². The summed E-state index contributed by atoms with van der Waals surface area (Å²) in [6, 6.07) is 5.44. The van der Waals surface area contributed by atoms with Crippen molar-refractivity contribution < 1.29 is 19.7 Å². The van der Waals surface area contributed by atoms with Gasteiger partial charge in [0.1, 0.15) is 0 Å². The van der Waals surface area contributed by atoms with Crippen LogP contribution >= 0.6 is 23.2 Å². The zero-order valence-electron chi connectivity index (χ0n) is 14.6. The summed E-state index contributed by atoms with van der Waals surface area (Å²) in [4.78, 5) is 11.0. The second kappa shape index (κ2) is 12.7. The van der Waals surface area contributed by atoms with Crippen molar-refractivity contribution >= 4 is 29.2 Å². The van der Waals surface area contributed by atoms with Gasteiger partial charge in [-0.1, -0.05) is 65.7 Å². The predicted octanol–water partition coefficient (Wildman–Crippen LogP) is 4.27. The van der Waals surface area contributed by atoms with Crippen LogP contribution in [-0.4, -0.2) is 35.5 Å². The number of aliphatic hydroxyl groups is 2. The highest BCUT2D eigenvalue weighted by atomic mass is 35.5. The zero-order valence-corrected chi connectivity index (χ0v) is 16.2. The first-order valence-electron chi connectivity index (χ1n) is 8.31. The number of halogens is 2. The van der Waals surface area contributed by atoms with Gasteiger partial charge in [-0.15, -0.1) is 0 Å². The van der Waals surface area contributed by atoms with Crippen LogP contribution in [0.3, 0.4) is 0 Å². The highest BCUT2D eigenvalue weighted by Gasteiger charge is 2.04. The molecular weight excluding hydrogens is 375 g/mol. The van der Waals surface area contributed by atoms with Gasteiger partial charge in [0, 0.05) is 6.42 Å². The third-order valence-electron chi connectivity index (χ3n) is 3.58. The monoisotopic (exact) mass is 398 g/mol. The van der Waals surface area contributed by atoms with Crippen molar-refractivity contribution in [3.63, 3.8) is 0 Å². The van der Waals surface area contributed by atoms with Crippen molar-refractivity contribution in [3.05, 3.63) is 70.3 Å². The molecule has 0 aliphatic rings. The molecule has 0 spiro atoms. The Kier molecular flexibility index (Phi) is 11.0. The van der Waals surface area contributed by atoms with E-state index in [0.717, 1.165) is 5.56 Å². The summed E-state index contributed by atoms with van der Waals surface area (Å²) < 4.78 is 4.51. The lowest BCUT2D eigenvalue weighted by molar-refractivity contribution is -0.141. The molecule has 0 heterocycles. The highest BCUT2D eigenvalue weighted by Crippen LogP contribution is 2.23. The van der Waals surface area contributed by atoms with Gasteiger partial charge in [-0.2, -0.15) is 0 Å². The lowest BCUT2D eigenvalue weighted by Gasteiger charge is -2.06. The van der Waals surface area contributed by atoms with Gasteiger partial charge in [0.25, 0.3) is 0 Å². The number of ether oxygens (including phenoxy) is 1. The third kappa shape index (κ3) is 9.78. The summed E-state index contributed by atoms with van der Waals surface area (Å²) >= 11 is 11.8. The molecule has 1 aromatic carbocycles. The van der Waals surface area contributed by atoms with Crippen molar-refractivity contribution in [2.24, 2.45) is 0 Å². The van der Waals surface area contributed by atoms with Gasteiger partial charge in [0.05, 0.1) is 29.4 Å². The number of allylic oxidation sites excluding steroid dienone is 4. The molecule has 0 aromatic heterocycles. The molecule has 4 nitrogen and oxygen atoms in total. The topological polar surface area (TPSA) is 66.8 Å². The molecule has 2 N–H and O–H groups in total. The van der Waals surface area contributed by atoms with Crippen LogP contribution in [0, 0.1) is 0 Å². The Morgan fingerprint density at radius 3 is 2.23 bits per heavy atom. The van der Waals surface area contributed by atoms with Crippen molar-refractivity contribution in [3.8, 4) is 0 Å². The quantitative estimate of drug-likeness (QED) is 0.456. The van der Waals surface area contributed by atoms with E-state index in [9.17, 15) is 15.0 Å². The first-order chi connectivity index (χ1) is 12.4. The number of aryl methyl sites for hydroxylation is 1. The zero-order chi connectivity index (χ0) is 19.4. The Balaban J connectivity index is 2.29. The predicted molar refractivity (Wildman–Crippen MR) is 105 cm³/mol. The van der Waals surface area contributed by atoms with E-state index < -0.39 is 12.2 Å². The van der Waals surface area contributed by atoms with Crippen LogP contribution in [0.5, 0.6) is 0 Å². The summed E-state index contributed by atoms with van der Waals surface area (Å²) in [5, 5.41) is 20.6. The standard InChI is InChI=1S/C20H24Cl2O4/c1-26-20(25)13-11-17(24)7-5-3-2-4-6-16(23)10-8-15-9-12-18(21)19(22)14-15/h2-7,9,12,14,16-17,23-24H,8,10-11,13H2,1H3/b3-2-,6-4+,7-5+. The molecular formula is C20H24Cl2O4. The van der Waals surface area contributed by atoms with E-state index in [2.05, 4.69) is 4.74 Å². The normalized spacial score (nSPS) is 14.3. The molecule has 0 aliphatic carbocycles. The molecule has 6 heteroatoms. The van der Waals surface area contributed by atoms with Crippen LogP contribution in [0.25, 0.3) is 0 Å². The number of benzene rings is 1. The average Bonchev–Trinajstić information content (AvgIpc) is 2.63. The molecule has 0 fully saturated rings. The average molecular weight is 399 g/mol. The smallest absolute Gasteiger partial charge is 0.305 e. The fraction of sp³-hybridized carbons (Fsp3) is 0.350. The first-order valence-corrected chi connectivity index (χ1v) is 9.06. The minimum atomic E-state index is -0.695. The van der Waals surface area contributed by atoms with E-state index in [4.69, 9.17) is 23.2 Å². The maximum Gasteiger partial charge on any atom is 0.305 e. The van der Waals surface area contributed by atoms with E-state index in [1.165, 1.54) is 7.11 Å². The lowest BCUT2D eigenvalue weighted by Crippen LogP contribution is -2.07. The van der Waals surface area contributed by atoms with Gasteiger partial charge >= 0.3 is 5.97 Å². The fourth-order valence-corrected chi connectivity index (χ4v) is 2.40. The van der Waals surface area contributed by atoms with Gasteiger partial charge < -0.3 is 14.9 Å². The molecule has 0 saturated carbocycles. The van der Waals surface area contributed by atoms with Crippen LogP contribution in [0.1, 0.15) is 24.8 Å². The number of hydrogen-bond donors (Lipinski definition) is 2. The Morgan fingerprint density at radius 1 is 1.04 bits per heavy atom. The molecule has 2 atom stereocenters. The summed E-state index contributed by atoms with van der Waals surface area (Å²) in [7, 11) is 1.32. The van der Waals surface area contributed by atoms with Crippen molar-refractivity contribution in [2.45, 2.75) is 37.9 Å². The molecule has 26 heavy (non-hydrogen) atoms. The van der Waals surface area contributed by atoms with Crippen LogP contribution in [-0.2, 0) is 16.0 Å². The van der Waals surface area contributed by atoms with Crippen LogP contribution in [0.2, 0.25) is 10.0 Å². The van der Waals surface area contributed by atoms with E-state index in [-0.39, 0.29) is 12.4 Å². The number of carbonyl (C=O) groups excluding carboxylic acids is 1. The van der Waals surface area contributed by atoms with E-state index in [0.29, 0.717) is 29.3 Å². The fourth-order valence-electron chi connectivity index (χ4n) is 2.08. The van der Waals surface area contributed by atoms with Gasteiger partial charge in [0.15, 0.2) is 0 Å². The lowest BCUT2D eigenvalue weighted by atomic mass is 10.1. The van der Waals surface area contributed by atoms with Crippen LogP contribution in [0.4, 0.5) is 0 Å². The Labute approximate surface area is 164 Å². The van der Waals surface area contributed by atoms with Gasteiger partial charge in [-0.25, -0.2) is 0 Å². The highest BCUT2D eigenvalue weighted by molar-refractivity contribution is 6.42. The molecule has 2 unspecified atom stereocenters. The van der Waals surface area contributed by atoms with Crippen molar-refractivity contribution in [1.29, 1.82) is 0 Å². The SMILES string of the molecule is COC(=O)CCC(O)/C=C/C=C\C=C\C(O)CCc1ccc(Cl)c(Cl)c1. The maximum absolute atomic E-state index is 11.0. The molecule has 0 aliphatic heterocycles. The summed E-state index contributed by atoms with van der Waals surface area (Å²) in [6.45, 7) is 0. The number of esters is 1. The van der Waals surface area contributed by atoms with E-state index in [1.54, 1.807) is 48.6 Å². The number of aliphatic hydroxyl groups excluding tert-OH is 2. The molecule has 1 rings (SSSR count). The Morgan fingerprint density at radius 2 is 1.65 bits per heavy atom. The second-order valence-electron chi connectivity index (χ2n) is 5.69. The first kappa shape index (κ1) is 22.5. The third-order valence-corrected chi connectivity index (χ3v) is 4.32. The molecule has 142 valence electrons. The second-order valence-corrected chi connectivity index (χ2v) is 6.51. The van der Waals surface area contributed by atoms with Gasteiger partial charge in [0.2, 0.25) is 0 Å².